The summed E-state index contributed by atoms with van der Waals surface area (Å²) in [5.41, 5.74) is 6.22. The number of rotatable bonds is 5. The molecule has 1 aliphatic carbocycles. The van der Waals surface area contributed by atoms with Crippen molar-refractivity contribution in [1.82, 2.24) is 24.3 Å². The van der Waals surface area contributed by atoms with E-state index in [0.29, 0.717) is 5.92 Å². The predicted molar refractivity (Wildman–Crippen MR) is 133 cm³/mol. The average molecular weight is 434 g/mol. The summed E-state index contributed by atoms with van der Waals surface area (Å²) in [5.74, 6) is 2.41. The molecule has 0 unspecified atom stereocenters. The van der Waals surface area contributed by atoms with Crippen molar-refractivity contribution in [3.63, 3.8) is 0 Å². The van der Waals surface area contributed by atoms with E-state index in [1.54, 1.807) is 0 Å². The number of hydrogen-bond donors (Lipinski definition) is 0. The molecule has 1 saturated carbocycles. The van der Waals surface area contributed by atoms with E-state index in [9.17, 15) is 0 Å². The molecule has 0 radical (unpaired) electrons. The number of imidazole rings is 1. The molecule has 2 aromatic carbocycles. The highest BCUT2D eigenvalue weighted by Crippen LogP contribution is 2.42. The van der Waals surface area contributed by atoms with Gasteiger partial charge in [0.15, 0.2) is 0 Å². The molecule has 5 nitrogen and oxygen atoms in total. The molecule has 3 heterocycles. The summed E-state index contributed by atoms with van der Waals surface area (Å²) in [7, 11) is 4.30. The highest BCUT2D eigenvalue weighted by atomic mass is 15.1. The molecule has 0 bridgehead atoms. The number of hydrogen-bond acceptors (Lipinski definition) is 4. The van der Waals surface area contributed by atoms with Gasteiger partial charge >= 0.3 is 0 Å². The highest BCUT2D eigenvalue weighted by Gasteiger charge is 2.34. The molecule has 0 saturated heterocycles. The number of fused-ring (bicyclic) bond motifs is 2. The van der Waals surface area contributed by atoms with E-state index in [0.717, 1.165) is 57.2 Å². The van der Waals surface area contributed by atoms with Gasteiger partial charge in [-0.3, -0.25) is 9.38 Å². The van der Waals surface area contributed by atoms with Gasteiger partial charge in [-0.05, 0) is 45.0 Å². The topological polar surface area (TPSA) is 46.3 Å². The van der Waals surface area contributed by atoms with Crippen LogP contribution < -0.4 is 0 Å². The maximum absolute atomic E-state index is 5.16. The van der Waals surface area contributed by atoms with E-state index in [-0.39, 0.29) is 0 Å². The van der Waals surface area contributed by atoms with Crippen LogP contribution in [0.4, 0.5) is 0 Å². The second-order valence-corrected chi connectivity index (χ2v) is 9.42. The van der Waals surface area contributed by atoms with Crippen LogP contribution in [0, 0.1) is 5.92 Å². The SMILES string of the molecule is CN(C)CC1CC(c2nc(-c3ccc4ccc(-c5ccccc5)nc4c3)c3cnccn23)C1. The Bertz CT molecular complexity index is 1430. The average Bonchev–Trinajstić information content (AvgIpc) is 3.20. The normalized spacial score (nSPS) is 18.2. The van der Waals surface area contributed by atoms with Crippen LogP contribution in [0.1, 0.15) is 24.6 Å². The van der Waals surface area contributed by atoms with Gasteiger partial charge < -0.3 is 4.90 Å². The lowest BCUT2D eigenvalue weighted by Gasteiger charge is -2.36. The Labute approximate surface area is 193 Å². The van der Waals surface area contributed by atoms with Crippen LogP contribution in [-0.2, 0) is 0 Å². The molecule has 6 rings (SSSR count). The van der Waals surface area contributed by atoms with E-state index < -0.39 is 0 Å². The molecule has 0 spiro atoms. The molecule has 1 fully saturated rings. The van der Waals surface area contributed by atoms with Crippen LogP contribution in [0.15, 0.2) is 79.3 Å². The van der Waals surface area contributed by atoms with Crippen molar-refractivity contribution in [3.05, 3.63) is 85.1 Å². The van der Waals surface area contributed by atoms with E-state index in [2.05, 4.69) is 70.8 Å². The van der Waals surface area contributed by atoms with Gasteiger partial charge in [-0.1, -0.05) is 48.5 Å². The lowest BCUT2D eigenvalue weighted by atomic mass is 9.74. The summed E-state index contributed by atoms with van der Waals surface area (Å²) in [6, 6.07) is 21.0. The molecule has 5 aromatic rings. The fourth-order valence-corrected chi connectivity index (χ4v) is 5.11. The molecule has 0 atom stereocenters. The zero-order valence-electron chi connectivity index (χ0n) is 19.0. The van der Waals surface area contributed by atoms with Crippen LogP contribution in [0.3, 0.4) is 0 Å². The Morgan fingerprint density at radius 1 is 0.939 bits per heavy atom. The molecule has 0 aliphatic heterocycles. The minimum absolute atomic E-state index is 0.502. The quantitative estimate of drug-likeness (QED) is 0.358. The van der Waals surface area contributed by atoms with Crippen molar-refractivity contribution >= 4 is 16.4 Å². The van der Waals surface area contributed by atoms with Gasteiger partial charge in [0.25, 0.3) is 0 Å². The molecule has 5 heteroatoms. The summed E-state index contributed by atoms with van der Waals surface area (Å²) in [5, 5.41) is 1.13. The second kappa shape index (κ2) is 8.09. The molecular weight excluding hydrogens is 406 g/mol. The molecule has 33 heavy (non-hydrogen) atoms. The van der Waals surface area contributed by atoms with Crippen LogP contribution in [0.2, 0.25) is 0 Å². The molecule has 1 aliphatic rings. The second-order valence-electron chi connectivity index (χ2n) is 9.42. The first-order valence-electron chi connectivity index (χ1n) is 11.6. The van der Waals surface area contributed by atoms with Gasteiger partial charge in [0.2, 0.25) is 0 Å². The third kappa shape index (κ3) is 3.68. The van der Waals surface area contributed by atoms with Gasteiger partial charge in [0.05, 0.1) is 28.6 Å². The van der Waals surface area contributed by atoms with Gasteiger partial charge in [0, 0.05) is 41.4 Å². The first-order chi connectivity index (χ1) is 16.2. The summed E-state index contributed by atoms with van der Waals surface area (Å²) >= 11 is 0. The van der Waals surface area contributed by atoms with Gasteiger partial charge in [-0.15, -0.1) is 0 Å². The van der Waals surface area contributed by atoms with Crippen molar-refractivity contribution in [2.24, 2.45) is 5.92 Å². The molecule has 0 N–H and O–H groups in total. The molecule has 164 valence electrons. The number of aromatic nitrogens is 4. The number of pyridine rings is 1. The Morgan fingerprint density at radius 3 is 2.58 bits per heavy atom. The lowest BCUT2D eigenvalue weighted by molar-refractivity contribution is 0.194. The summed E-state index contributed by atoms with van der Waals surface area (Å²) in [6.07, 6.45) is 8.22. The Kier molecular flexibility index (Phi) is 4.92. The molecule has 3 aromatic heterocycles. The standard InChI is InChI=1S/C28H27N5/c1-32(2)18-19-14-23(15-19)28-31-27(26-17-29-12-13-33(26)28)22-9-8-21-10-11-24(30-25(21)16-22)20-6-4-3-5-7-20/h3-13,16-17,19,23H,14-15,18H2,1-2H3. The fourth-order valence-electron chi connectivity index (χ4n) is 5.11. The minimum Gasteiger partial charge on any atom is -0.309 e. The van der Waals surface area contributed by atoms with Crippen LogP contribution in [-0.4, -0.2) is 44.9 Å². The van der Waals surface area contributed by atoms with Crippen LogP contribution >= 0.6 is 0 Å². The first kappa shape index (κ1) is 20.1. The third-order valence-electron chi connectivity index (χ3n) is 6.73. The minimum atomic E-state index is 0.502. The first-order valence-corrected chi connectivity index (χ1v) is 11.6. The predicted octanol–water partition coefficient (Wildman–Crippen LogP) is 5.67. The largest absolute Gasteiger partial charge is 0.309 e. The third-order valence-corrected chi connectivity index (χ3v) is 6.73. The number of benzene rings is 2. The maximum atomic E-state index is 5.16. The van der Waals surface area contributed by atoms with E-state index >= 15 is 0 Å². The van der Waals surface area contributed by atoms with Crippen LogP contribution in [0.25, 0.3) is 38.9 Å². The maximum Gasteiger partial charge on any atom is 0.117 e. The lowest BCUT2D eigenvalue weighted by Crippen LogP contribution is -2.32. The highest BCUT2D eigenvalue weighted by molar-refractivity contribution is 5.88. The van der Waals surface area contributed by atoms with E-state index in [1.807, 2.05) is 36.8 Å². The van der Waals surface area contributed by atoms with E-state index in [1.165, 1.54) is 12.8 Å². The van der Waals surface area contributed by atoms with Crippen molar-refractivity contribution in [2.75, 3.05) is 20.6 Å². The van der Waals surface area contributed by atoms with Gasteiger partial charge in [-0.2, -0.15) is 0 Å². The summed E-state index contributed by atoms with van der Waals surface area (Å²) in [6.45, 7) is 1.15. The number of nitrogens with zero attached hydrogens (tertiary/aromatic N) is 5. The monoisotopic (exact) mass is 433 g/mol. The van der Waals surface area contributed by atoms with Gasteiger partial charge in [0.1, 0.15) is 5.82 Å². The van der Waals surface area contributed by atoms with E-state index in [4.69, 9.17) is 9.97 Å². The Hall–Kier alpha value is -3.57. The van der Waals surface area contributed by atoms with Crippen molar-refractivity contribution in [2.45, 2.75) is 18.8 Å². The summed E-state index contributed by atoms with van der Waals surface area (Å²) in [4.78, 5) is 16.8. The van der Waals surface area contributed by atoms with Crippen molar-refractivity contribution < 1.29 is 0 Å². The summed E-state index contributed by atoms with van der Waals surface area (Å²) < 4.78 is 2.23. The van der Waals surface area contributed by atoms with Gasteiger partial charge in [-0.25, -0.2) is 9.97 Å². The Morgan fingerprint density at radius 2 is 1.76 bits per heavy atom. The zero-order chi connectivity index (χ0) is 22.4. The van der Waals surface area contributed by atoms with Crippen molar-refractivity contribution in [3.8, 4) is 22.5 Å². The molecular formula is C28H27N5. The molecule has 0 amide bonds. The zero-order valence-corrected chi connectivity index (χ0v) is 19.0. The Balaban J connectivity index is 1.40. The van der Waals surface area contributed by atoms with Crippen LogP contribution in [0.5, 0.6) is 0 Å². The smallest absolute Gasteiger partial charge is 0.117 e. The van der Waals surface area contributed by atoms with Crippen molar-refractivity contribution in [1.29, 1.82) is 0 Å². The fraction of sp³-hybridized carbons (Fsp3) is 0.250.